The normalized spacial score (nSPS) is 11.3. The molecule has 0 fully saturated rings. The minimum Gasteiger partial charge on any atom is -0.396 e. The number of halogens is 3. The second-order valence-electron chi connectivity index (χ2n) is 3.75. The minimum atomic E-state index is -4.36. The Morgan fingerprint density at radius 2 is 1.90 bits per heavy atom. The third-order valence-corrected chi connectivity index (χ3v) is 3.63. The molecule has 9 heteroatoms. The fourth-order valence-corrected chi connectivity index (χ4v) is 2.56. The number of hydrogen-bond donors (Lipinski definition) is 2. The van der Waals surface area contributed by atoms with E-state index in [9.17, 15) is 21.6 Å². The Hall–Kier alpha value is -2.29. The Labute approximate surface area is 112 Å². The summed E-state index contributed by atoms with van der Waals surface area (Å²) in [5.74, 6) is -4.17. The number of anilines is 2. The van der Waals surface area contributed by atoms with E-state index in [2.05, 4.69) is 4.98 Å². The molecule has 0 saturated carbocycles. The van der Waals surface area contributed by atoms with Crippen LogP contribution >= 0.6 is 0 Å². The number of benzene rings is 1. The zero-order chi connectivity index (χ0) is 14.9. The molecule has 0 spiro atoms. The van der Waals surface area contributed by atoms with Crippen LogP contribution in [0.25, 0.3) is 0 Å². The zero-order valence-electron chi connectivity index (χ0n) is 9.77. The summed E-state index contributed by atoms with van der Waals surface area (Å²) in [5, 5.41) is -0.566. The van der Waals surface area contributed by atoms with Crippen LogP contribution in [0.5, 0.6) is 0 Å². The van der Waals surface area contributed by atoms with Gasteiger partial charge in [0.1, 0.15) is 5.82 Å². The van der Waals surface area contributed by atoms with E-state index in [1.165, 1.54) is 12.1 Å². The molecule has 1 heterocycles. The van der Waals surface area contributed by atoms with E-state index in [-0.39, 0.29) is 5.69 Å². The number of nitrogen functional groups attached to an aromatic ring is 1. The Bertz CT molecular complexity index is 766. The monoisotopic (exact) mass is 303 g/mol. The van der Waals surface area contributed by atoms with Crippen molar-refractivity contribution in [2.24, 2.45) is 0 Å². The molecule has 1 aromatic heterocycles. The van der Waals surface area contributed by atoms with Gasteiger partial charge in [-0.1, -0.05) is 0 Å². The molecule has 0 radical (unpaired) electrons. The van der Waals surface area contributed by atoms with Crippen molar-refractivity contribution < 1.29 is 21.6 Å². The number of aromatic nitrogens is 1. The Morgan fingerprint density at radius 3 is 2.55 bits per heavy atom. The van der Waals surface area contributed by atoms with Crippen molar-refractivity contribution in [3.8, 4) is 0 Å². The second-order valence-corrected chi connectivity index (χ2v) is 5.35. The molecule has 0 atom stereocenters. The first-order valence-corrected chi connectivity index (χ1v) is 6.67. The maximum Gasteiger partial charge on any atom is 0.281 e. The van der Waals surface area contributed by atoms with Crippen LogP contribution in [0.2, 0.25) is 0 Å². The Balaban J connectivity index is 2.47. The van der Waals surface area contributed by atoms with Crippen LogP contribution in [0.1, 0.15) is 0 Å². The molecule has 0 aliphatic carbocycles. The van der Waals surface area contributed by atoms with Gasteiger partial charge in [0.25, 0.3) is 10.0 Å². The first-order valence-electron chi connectivity index (χ1n) is 5.19. The van der Waals surface area contributed by atoms with E-state index in [0.29, 0.717) is 12.1 Å². The molecule has 0 bridgehead atoms. The topological polar surface area (TPSA) is 85.1 Å². The summed E-state index contributed by atoms with van der Waals surface area (Å²) in [6.45, 7) is 0. The van der Waals surface area contributed by atoms with Crippen LogP contribution in [-0.4, -0.2) is 13.4 Å². The number of nitrogens with zero attached hydrogens (tertiary/aromatic N) is 1. The van der Waals surface area contributed by atoms with Crippen molar-refractivity contribution in [3.63, 3.8) is 0 Å². The maximum absolute atomic E-state index is 13.4. The van der Waals surface area contributed by atoms with Crippen LogP contribution in [0.4, 0.5) is 24.5 Å². The number of hydrogen-bond acceptors (Lipinski definition) is 4. The molecule has 0 saturated heterocycles. The lowest BCUT2D eigenvalue weighted by Crippen LogP contribution is -2.17. The van der Waals surface area contributed by atoms with Crippen LogP contribution < -0.4 is 10.5 Å². The summed E-state index contributed by atoms with van der Waals surface area (Å²) in [5.41, 5.74) is 4.38. The largest absolute Gasteiger partial charge is 0.396 e. The van der Waals surface area contributed by atoms with Crippen LogP contribution in [0, 0.1) is 17.5 Å². The summed E-state index contributed by atoms with van der Waals surface area (Å²) < 4.78 is 65.0. The second kappa shape index (κ2) is 5.00. The van der Waals surface area contributed by atoms with E-state index in [1.54, 1.807) is 4.72 Å². The van der Waals surface area contributed by atoms with Crippen molar-refractivity contribution in [2.75, 3.05) is 10.5 Å². The Morgan fingerprint density at radius 1 is 1.20 bits per heavy atom. The molecule has 0 amide bonds. The van der Waals surface area contributed by atoms with Gasteiger partial charge in [-0.3, -0.25) is 4.72 Å². The van der Waals surface area contributed by atoms with Gasteiger partial charge in [0.15, 0.2) is 16.7 Å². The van der Waals surface area contributed by atoms with Crippen LogP contribution in [0.3, 0.4) is 0 Å². The number of pyridine rings is 1. The smallest absolute Gasteiger partial charge is 0.281 e. The van der Waals surface area contributed by atoms with Gasteiger partial charge in [0, 0.05) is 18.3 Å². The molecular formula is C11H8F3N3O2S. The van der Waals surface area contributed by atoms with Crippen LogP contribution in [-0.2, 0) is 10.0 Å². The molecule has 2 aromatic rings. The zero-order valence-corrected chi connectivity index (χ0v) is 10.6. The molecule has 5 nitrogen and oxygen atoms in total. The van der Waals surface area contributed by atoms with Gasteiger partial charge in [-0.25, -0.2) is 18.2 Å². The fourth-order valence-electron chi connectivity index (χ4n) is 1.45. The predicted octanol–water partition coefficient (Wildman–Crippen LogP) is 1.88. The highest BCUT2D eigenvalue weighted by molar-refractivity contribution is 7.92. The highest BCUT2D eigenvalue weighted by atomic mass is 32.2. The third kappa shape index (κ3) is 2.67. The minimum absolute atomic E-state index is 0.183. The van der Waals surface area contributed by atoms with Crippen molar-refractivity contribution in [1.29, 1.82) is 0 Å². The van der Waals surface area contributed by atoms with Crippen molar-refractivity contribution in [2.45, 2.75) is 5.03 Å². The quantitative estimate of drug-likeness (QED) is 0.848. The van der Waals surface area contributed by atoms with E-state index >= 15 is 0 Å². The van der Waals surface area contributed by atoms with Crippen molar-refractivity contribution >= 4 is 21.4 Å². The van der Waals surface area contributed by atoms with Gasteiger partial charge in [-0.05, 0) is 12.1 Å². The summed E-state index contributed by atoms with van der Waals surface area (Å²) in [6.07, 6.45) is 1.16. The summed E-state index contributed by atoms with van der Waals surface area (Å²) in [4.78, 5) is 3.54. The third-order valence-electron chi connectivity index (χ3n) is 2.29. The van der Waals surface area contributed by atoms with Gasteiger partial charge in [0.2, 0.25) is 0 Å². The van der Waals surface area contributed by atoms with E-state index < -0.39 is 38.2 Å². The van der Waals surface area contributed by atoms with Crippen molar-refractivity contribution in [3.05, 3.63) is 47.9 Å². The summed E-state index contributed by atoms with van der Waals surface area (Å²) >= 11 is 0. The van der Waals surface area contributed by atoms with Gasteiger partial charge < -0.3 is 5.73 Å². The maximum atomic E-state index is 13.4. The highest BCUT2D eigenvalue weighted by Crippen LogP contribution is 2.23. The SMILES string of the molecule is Nc1cccnc1S(=O)(=O)Nc1cc(F)cc(F)c1F. The predicted molar refractivity (Wildman–Crippen MR) is 65.8 cm³/mol. The lowest BCUT2D eigenvalue weighted by molar-refractivity contribution is 0.498. The van der Waals surface area contributed by atoms with E-state index in [1.807, 2.05) is 0 Å². The van der Waals surface area contributed by atoms with Crippen molar-refractivity contribution in [1.82, 2.24) is 4.98 Å². The fraction of sp³-hybridized carbons (Fsp3) is 0. The average molecular weight is 303 g/mol. The lowest BCUT2D eigenvalue weighted by Gasteiger charge is -2.10. The lowest BCUT2D eigenvalue weighted by atomic mass is 10.3. The van der Waals surface area contributed by atoms with Crippen LogP contribution in [0.15, 0.2) is 35.5 Å². The van der Waals surface area contributed by atoms with Gasteiger partial charge >= 0.3 is 0 Å². The molecule has 2 rings (SSSR count). The van der Waals surface area contributed by atoms with E-state index in [4.69, 9.17) is 5.73 Å². The molecular weight excluding hydrogens is 295 g/mol. The Kier molecular flexibility index (Phi) is 3.53. The van der Waals surface area contributed by atoms with E-state index in [0.717, 1.165) is 6.20 Å². The number of sulfonamides is 1. The number of nitrogens with one attached hydrogen (secondary N) is 1. The molecule has 1 aromatic carbocycles. The molecule has 0 aliphatic rings. The van der Waals surface area contributed by atoms with Gasteiger partial charge in [0.05, 0.1) is 11.4 Å². The first kappa shape index (κ1) is 14.1. The molecule has 0 unspecified atom stereocenters. The average Bonchev–Trinajstić information content (AvgIpc) is 2.35. The van der Waals surface area contributed by atoms with Gasteiger partial charge in [-0.15, -0.1) is 0 Å². The standard InChI is InChI=1S/C11H8F3N3O2S/c12-6-4-7(13)10(14)9(5-6)17-20(18,19)11-8(15)2-1-3-16-11/h1-5,17H,15H2. The molecule has 0 aliphatic heterocycles. The number of nitrogens with two attached hydrogens (primary N) is 1. The number of rotatable bonds is 3. The summed E-state index contributed by atoms with van der Waals surface area (Å²) in [6, 6.07) is 3.47. The first-order chi connectivity index (χ1) is 9.31. The molecule has 106 valence electrons. The van der Waals surface area contributed by atoms with Gasteiger partial charge in [-0.2, -0.15) is 8.42 Å². The highest BCUT2D eigenvalue weighted by Gasteiger charge is 2.22. The summed E-state index contributed by atoms with van der Waals surface area (Å²) in [7, 11) is -4.36. The molecule has 20 heavy (non-hydrogen) atoms. The molecule has 3 N–H and O–H groups in total.